The molecule has 0 amide bonds. The number of benzene rings is 1. The van der Waals surface area contributed by atoms with E-state index < -0.39 is 14.4 Å². The minimum absolute atomic E-state index is 0.161. The quantitative estimate of drug-likeness (QED) is 0.529. The molecule has 2 rings (SSSR count). The highest BCUT2D eigenvalue weighted by molar-refractivity contribution is 7.46. The molecule has 128 valence electrons. The van der Waals surface area contributed by atoms with Crippen LogP contribution in [0.4, 0.5) is 5.69 Å². The van der Waals surface area contributed by atoms with E-state index in [0.717, 1.165) is 0 Å². The van der Waals surface area contributed by atoms with Crippen molar-refractivity contribution >= 4 is 42.9 Å². The second-order valence-electron chi connectivity index (χ2n) is 4.75. The van der Waals surface area contributed by atoms with Gasteiger partial charge in [0.25, 0.3) is 0 Å². The Morgan fingerprint density at radius 1 is 1.33 bits per heavy atom. The first-order chi connectivity index (χ1) is 11.2. The number of phosphoric ester groups is 1. The maximum atomic E-state index is 10.8. The summed E-state index contributed by atoms with van der Waals surface area (Å²) in [6.45, 7) is 1.15. The molecule has 24 heavy (non-hydrogen) atoms. The van der Waals surface area contributed by atoms with Gasteiger partial charge in [0.05, 0.1) is 28.0 Å². The van der Waals surface area contributed by atoms with Gasteiger partial charge in [0.2, 0.25) is 0 Å². The number of aromatic nitrogens is 1. The van der Waals surface area contributed by atoms with E-state index in [1.54, 1.807) is 19.1 Å². The van der Waals surface area contributed by atoms with Crippen LogP contribution < -0.4 is 0 Å². The summed E-state index contributed by atoms with van der Waals surface area (Å²) in [4.78, 5) is 25.7. The lowest BCUT2D eigenvalue weighted by molar-refractivity contribution is 0.188. The molecule has 2 aromatic rings. The van der Waals surface area contributed by atoms with E-state index in [4.69, 9.17) is 33.0 Å². The van der Waals surface area contributed by atoms with Crippen molar-refractivity contribution in [3.8, 4) is 5.75 Å². The van der Waals surface area contributed by atoms with Crippen LogP contribution in [-0.2, 0) is 15.7 Å². The molecule has 0 spiro atoms. The van der Waals surface area contributed by atoms with Gasteiger partial charge in [-0.05, 0) is 25.1 Å². The van der Waals surface area contributed by atoms with E-state index >= 15 is 0 Å². The van der Waals surface area contributed by atoms with Crippen LogP contribution in [0.15, 0.2) is 29.4 Å². The van der Waals surface area contributed by atoms with E-state index in [0.29, 0.717) is 21.4 Å². The van der Waals surface area contributed by atoms with Crippen molar-refractivity contribution in [2.75, 3.05) is 0 Å². The van der Waals surface area contributed by atoms with Gasteiger partial charge >= 0.3 is 7.82 Å². The second-order valence-corrected chi connectivity index (χ2v) is 6.81. The zero-order valence-electron chi connectivity index (χ0n) is 12.3. The maximum absolute atomic E-state index is 10.8. The van der Waals surface area contributed by atoms with Crippen LogP contribution in [0.3, 0.4) is 0 Å². The van der Waals surface area contributed by atoms with Crippen molar-refractivity contribution in [3.05, 3.63) is 51.3 Å². The summed E-state index contributed by atoms with van der Waals surface area (Å²) in [6, 6.07) is 4.74. The zero-order valence-corrected chi connectivity index (χ0v) is 14.8. The first-order valence-corrected chi connectivity index (χ1v) is 8.82. The monoisotopic (exact) mass is 390 g/mol. The average molecular weight is 391 g/mol. The highest BCUT2D eigenvalue weighted by Gasteiger charge is 2.17. The molecule has 7 nitrogen and oxygen atoms in total. The van der Waals surface area contributed by atoms with Crippen molar-refractivity contribution in [3.63, 3.8) is 0 Å². The molecule has 0 aliphatic carbocycles. The van der Waals surface area contributed by atoms with Crippen LogP contribution in [-0.4, -0.2) is 26.1 Å². The van der Waals surface area contributed by atoms with Gasteiger partial charge in [0.1, 0.15) is 5.75 Å². The predicted molar refractivity (Wildman–Crippen MR) is 91.2 cm³/mol. The SMILES string of the molecule is Cc1ncc(COP(=O)(O)O)c(C=Nc2ccc(Cl)c(Cl)c2)c1O. The summed E-state index contributed by atoms with van der Waals surface area (Å²) >= 11 is 11.7. The highest BCUT2D eigenvalue weighted by atomic mass is 35.5. The van der Waals surface area contributed by atoms with E-state index in [9.17, 15) is 9.67 Å². The summed E-state index contributed by atoms with van der Waals surface area (Å²) in [5, 5.41) is 10.8. The predicted octanol–water partition coefficient (Wildman–Crippen LogP) is 3.76. The number of hydrogen-bond donors (Lipinski definition) is 3. The molecule has 3 N–H and O–H groups in total. The smallest absolute Gasteiger partial charge is 0.469 e. The van der Waals surface area contributed by atoms with Gasteiger partial charge in [-0.2, -0.15) is 0 Å². The molecular weight excluding hydrogens is 378 g/mol. The standard InChI is InChI=1S/C14H13Cl2N2O5P/c1-8-14(19)11(9(5-17-8)7-23-24(20,21)22)6-18-10-2-3-12(15)13(16)4-10/h2-6,19H,7H2,1H3,(H2,20,21,22). The third kappa shape index (κ3) is 5.01. The highest BCUT2D eigenvalue weighted by Crippen LogP contribution is 2.38. The van der Waals surface area contributed by atoms with Gasteiger partial charge in [0.15, 0.2) is 0 Å². The van der Waals surface area contributed by atoms with Gasteiger partial charge in [-0.15, -0.1) is 0 Å². The molecule has 0 aliphatic rings. The van der Waals surface area contributed by atoms with Crippen LogP contribution >= 0.6 is 31.0 Å². The van der Waals surface area contributed by atoms with Crippen LogP contribution in [0.5, 0.6) is 5.75 Å². The summed E-state index contributed by atoms with van der Waals surface area (Å²) < 4.78 is 15.3. The van der Waals surface area contributed by atoms with E-state index in [1.807, 2.05) is 0 Å². The number of nitrogens with zero attached hydrogens (tertiary/aromatic N) is 2. The second kappa shape index (κ2) is 7.61. The number of aromatic hydroxyl groups is 1. The largest absolute Gasteiger partial charge is 0.505 e. The molecule has 0 saturated carbocycles. The molecule has 1 aromatic heterocycles. The molecular formula is C14H13Cl2N2O5P. The fourth-order valence-electron chi connectivity index (χ4n) is 1.77. The van der Waals surface area contributed by atoms with Crippen LogP contribution in [0, 0.1) is 6.92 Å². The lowest BCUT2D eigenvalue weighted by atomic mass is 10.1. The molecule has 0 fully saturated rings. The Hall–Kier alpha value is -1.47. The molecule has 0 saturated heterocycles. The lowest BCUT2D eigenvalue weighted by Gasteiger charge is -2.10. The fourth-order valence-corrected chi connectivity index (χ4v) is 2.37. The summed E-state index contributed by atoms with van der Waals surface area (Å²) in [6.07, 6.45) is 2.68. The molecule has 0 radical (unpaired) electrons. The van der Waals surface area contributed by atoms with Crippen molar-refractivity contribution in [2.45, 2.75) is 13.5 Å². The van der Waals surface area contributed by atoms with Gasteiger partial charge in [-0.3, -0.25) is 14.5 Å². The number of pyridine rings is 1. The van der Waals surface area contributed by atoms with Crippen LogP contribution in [0.1, 0.15) is 16.8 Å². The number of rotatable bonds is 5. The first kappa shape index (κ1) is 18.9. The van der Waals surface area contributed by atoms with Crippen molar-refractivity contribution in [1.29, 1.82) is 0 Å². The molecule has 0 aliphatic heterocycles. The Bertz CT molecular complexity index is 838. The summed E-state index contributed by atoms with van der Waals surface area (Å²) in [7, 11) is -4.65. The molecule has 1 aromatic carbocycles. The minimum atomic E-state index is -4.65. The zero-order chi connectivity index (χ0) is 17.9. The summed E-state index contributed by atoms with van der Waals surface area (Å²) in [5.74, 6) is -0.161. The van der Waals surface area contributed by atoms with E-state index in [1.165, 1.54) is 18.5 Å². The molecule has 0 unspecified atom stereocenters. The average Bonchev–Trinajstić information content (AvgIpc) is 2.50. The normalized spacial score (nSPS) is 12.0. The van der Waals surface area contributed by atoms with Crippen LogP contribution in [0.2, 0.25) is 10.0 Å². The van der Waals surface area contributed by atoms with E-state index in [-0.39, 0.29) is 16.9 Å². The fraction of sp³-hybridized carbons (Fsp3) is 0.143. The topological polar surface area (TPSA) is 112 Å². The van der Waals surface area contributed by atoms with Crippen molar-refractivity contribution < 1.29 is 24.0 Å². The number of aryl methyl sites for hydroxylation is 1. The Kier molecular flexibility index (Phi) is 5.98. The molecule has 0 atom stereocenters. The van der Waals surface area contributed by atoms with Crippen LogP contribution in [0.25, 0.3) is 0 Å². The number of phosphoric acid groups is 1. The Balaban J connectivity index is 2.36. The van der Waals surface area contributed by atoms with Gasteiger partial charge in [0, 0.05) is 23.5 Å². The van der Waals surface area contributed by atoms with Crippen molar-refractivity contribution in [1.82, 2.24) is 4.98 Å². The molecule has 10 heteroatoms. The van der Waals surface area contributed by atoms with Crippen molar-refractivity contribution in [2.24, 2.45) is 4.99 Å². The third-order valence-corrected chi connectivity index (χ3v) is 4.20. The Morgan fingerprint density at radius 2 is 2.04 bits per heavy atom. The minimum Gasteiger partial charge on any atom is -0.505 e. The van der Waals surface area contributed by atoms with Gasteiger partial charge in [-0.25, -0.2) is 4.57 Å². The summed E-state index contributed by atoms with van der Waals surface area (Å²) in [5.41, 5.74) is 1.33. The third-order valence-electron chi connectivity index (χ3n) is 2.99. The number of halogens is 2. The number of aliphatic imine (C=N–C) groups is 1. The molecule has 1 heterocycles. The van der Waals surface area contributed by atoms with Gasteiger partial charge in [-0.1, -0.05) is 23.2 Å². The lowest BCUT2D eigenvalue weighted by Crippen LogP contribution is -2.00. The van der Waals surface area contributed by atoms with Gasteiger partial charge < -0.3 is 14.9 Å². The Labute approximate surface area is 147 Å². The maximum Gasteiger partial charge on any atom is 0.469 e. The number of hydrogen-bond acceptors (Lipinski definition) is 5. The molecule has 0 bridgehead atoms. The first-order valence-electron chi connectivity index (χ1n) is 6.54. The van der Waals surface area contributed by atoms with E-state index in [2.05, 4.69) is 14.5 Å². The Morgan fingerprint density at radius 3 is 2.67 bits per heavy atom.